The summed E-state index contributed by atoms with van der Waals surface area (Å²) in [5.41, 5.74) is 3.99. The first-order valence-electron chi connectivity index (χ1n) is 4.74. The number of nitrogens with one attached hydrogen (secondary N) is 1. The van der Waals surface area contributed by atoms with E-state index in [9.17, 15) is 0 Å². The molecule has 0 saturated heterocycles. The zero-order chi connectivity index (χ0) is 9.71. The molecule has 14 heavy (non-hydrogen) atoms. The third-order valence-corrected chi connectivity index (χ3v) is 4.10. The van der Waals surface area contributed by atoms with Gasteiger partial charge in [-0.1, -0.05) is 18.2 Å². The standard InChI is InChI=1S/C12H11NS/c1-7-8(2)13-11-9-5-3-4-6-10(9)14-12(7)11/h3-6,13H,1-2H3. The van der Waals surface area contributed by atoms with Gasteiger partial charge in [0.1, 0.15) is 0 Å². The summed E-state index contributed by atoms with van der Waals surface area (Å²) in [7, 11) is 0. The van der Waals surface area contributed by atoms with Gasteiger partial charge in [-0.3, -0.25) is 0 Å². The molecular weight excluding hydrogens is 190 g/mol. The Bertz CT molecular complexity index is 616. The predicted molar refractivity (Wildman–Crippen MR) is 63.2 cm³/mol. The van der Waals surface area contributed by atoms with Crippen LogP contribution in [0.15, 0.2) is 24.3 Å². The van der Waals surface area contributed by atoms with E-state index in [0.29, 0.717) is 0 Å². The van der Waals surface area contributed by atoms with Crippen LogP contribution in [0.25, 0.3) is 20.3 Å². The minimum absolute atomic E-state index is 1.29. The number of fused-ring (bicyclic) bond motifs is 3. The van der Waals surface area contributed by atoms with E-state index in [1.54, 1.807) is 0 Å². The van der Waals surface area contributed by atoms with Gasteiger partial charge in [0.05, 0.1) is 10.2 Å². The lowest BCUT2D eigenvalue weighted by Gasteiger charge is -1.88. The number of benzene rings is 1. The van der Waals surface area contributed by atoms with Crippen molar-refractivity contribution in [3.8, 4) is 0 Å². The molecule has 0 bridgehead atoms. The molecule has 0 radical (unpaired) electrons. The average molecular weight is 201 g/mol. The van der Waals surface area contributed by atoms with Crippen LogP contribution in [-0.2, 0) is 0 Å². The molecule has 1 aromatic carbocycles. The molecule has 2 heterocycles. The van der Waals surface area contributed by atoms with Gasteiger partial charge in [-0.05, 0) is 25.5 Å². The first-order valence-corrected chi connectivity index (χ1v) is 5.55. The van der Waals surface area contributed by atoms with Crippen LogP contribution in [-0.4, -0.2) is 4.98 Å². The van der Waals surface area contributed by atoms with Crippen LogP contribution < -0.4 is 0 Å². The Kier molecular flexibility index (Phi) is 1.50. The molecule has 1 nitrogen and oxygen atoms in total. The monoisotopic (exact) mass is 201 g/mol. The fourth-order valence-corrected chi connectivity index (χ4v) is 3.10. The molecule has 0 amide bonds. The van der Waals surface area contributed by atoms with Gasteiger partial charge in [0.2, 0.25) is 0 Å². The fraction of sp³-hybridized carbons (Fsp3) is 0.167. The highest BCUT2D eigenvalue weighted by molar-refractivity contribution is 7.26. The quantitative estimate of drug-likeness (QED) is 0.566. The second-order valence-electron chi connectivity index (χ2n) is 3.68. The van der Waals surface area contributed by atoms with Crippen molar-refractivity contribution in [1.29, 1.82) is 0 Å². The van der Waals surface area contributed by atoms with Gasteiger partial charge in [0.25, 0.3) is 0 Å². The Morgan fingerprint density at radius 3 is 2.79 bits per heavy atom. The lowest BCUT2D eigenvalue weighted by molar-refractivity contribution is 1.26. The van der Waals surface area contributed by atoms with Crippen molar-refractivity contribution in [2.75, 3.05) is 0 Å². The number of aromatic amines is 1. The predicted octanol–water partition coefficient (Wildman–Crippen LogP) is 4.00. The number of hydrogen-bond donors (Lipinski definition) is 1. The van der Waals surface area contributed by atoms with E-state index >= 15 is 0 Å². The lowest BCUT2D eigenvalue weighted by atomic mass is 10.2. The van der Waals surface area contributed by atoms with Gasteiger partial charge >= 0.3 is 0 Å². The van der Waals surface area contributed by atoms with Crippen LogP contribution >= 0.6 is 11.3 Å². The van der Waals surface area contributed by atoms with E-state index < -0.39 is 0 Å². The van der Waals surface area contributed by atoms with Crippen LogP contribution in [0, 0.1) is 13.8 Å². The van der Waals surface area contributed by atoms with Gasteiger partial charge in [-0.25, -0.2) is 0 Å². The van der Waals surface area contributed by atoms with Crippen molar-refractivity contribution in [3.05, 3.63) is 35.5 Å². The van der Waals surface area contributed by atoms with E-state index in [0.717, 1.165) is 0 Å². The number of H-pyrrole nitrogens is 1. The van der Waals surface area contributed by atoms with Gasteiger partial charge in [-0.15, -0.1) is 11.3 Å². The van der Waals surface area contributed by atoms with Crippen LogP contribution in [0.2, 0.25) is 0 Å². The summed E-state index contributed by atoms with van der Waals surface area (Å²) < 4.78 is 2.78. The summed E-state index contributed by atoms with van der Waals surface area (Å²) in [6, 6.07) is 8.56. The summed E-state index contributed by atoms with van der Waals surface area (Å²) in [4.78, 5) is 3.46. The number of aromatic nitrogens is 1. The van der Waals surface area contributed by atoms with Crippen LogP contribution in [0.3, 0.4) is 0 Å². The highest BCUT2D eigenvalue weighted by atomic mass is 32.1. The van der Waals surface area contributed by atoms with Gasteiger partial charge in [-0.2, -0.15) is 0 Å². The molecule has 1 N–H and O–H groups in total. The second-order valence-corrected chi connectivity index (χ2v) is 4.73. The minimum atomic E-state index is 1.29. The molecule has 0 spiro atoms. The molecule has 2 heteroatoms. The Morgan fingerprint density at radius 1 is 1.14 bits per heavy atom. The summed E-state index contributed by atoms with van der Waals surface area (Å²) in [6.07, 6.45) is 0. The fourth-order valence-electron chi connectivity index (χ4n) is 1.89. The smallest absolute Gasteiger partial charge is 0.0648 e. The third kappa shape index (κ3) is 0.891. The largest absolute Gasteiger partial charge is 0.357 e. The molecule has 0 aliphatic rings. The van der Waals surface area contributed by atoms with Gasteiger partial charge in [0, 0.05) is 15.8 Å². The highest BCUT2D eigenvalue weighted by Gasteiger charge is 2.09. The van der Waals surface area contributed by atoms with Gasteiger partial charge < -0.3 is 4.98 Å². The number of aryl methyl sites for hydroxylation is 2. The lowest BCUT2D eigenvalue weighted by Crippen LogP contribution is -1.72. The first kappa shape index (κ1) is 8.06. The Balaban J connectivity index is 2.60. The molecule has 0 unspecified atom stereocenters. The summed E-state index contributed by atoms with van der Waals surface area (Å²) in [6.45, 7) is 4.32. The highest BCUT2D eigenvalue weighted by Crippen LogP contribution is 2.36. The van der Waals surface area contributed by atoms with Crippen LogP contribution in [0.1, 0.15) is 11.3 Å². The molecule has 0 aliphatic heterocycles. The molecule has 0 fully saturated rings. The summed E-state index contributed by atoms with van der Waals surface area (Å²) in [5.74, 6) is 0. The van der Waals surface area contributed by atoms with Crippen LogP contribution in [0.5, 0.6) is 0 Å². The zero-order valence-corrected chi connectivity index (χ0v) is 9.03. The van der Waals surface area contributed by atoms with Crippen molar-refractivity contribution in [1.82, 2.24) is 4.98 Å². The maximum atomic E-state index is 3.46. The van der Waals surface area contributed by atoms with E-state index in [2.05, 4.69) is 43.1 Å². The van der Waals surface area contributed by atoms with Crippen molar-refractivity contribution < 1.29 is 0 Å². The molecule has 2 aromatic heterocycles. The van der Waals surface area contributed by atoms with Crippen molar-refractivity contribution in [2.45, 2.75) is 13.8 Å². The second kappa shape index (κ2) is 2.61. The molecular formula is C12H11NS. The van der Waals surface area contributed by atoms with Crippen molar-refractivity contribution >= 4 is 31.6 Å². The Hall–Kier alpha value is -1.28. The first-order chi connectivity index (χ1) is 6.77. The Morgan fingerprint density at radius 2 is 1.93 bits per heavy atom. The number of rotatable bonds is 0. The van der Waals surface area contributed by atoms with E-state index in [1.807, 2.05) is 11.3 Å². The maximum Gasteiger partial charge on any atom is 0.0648 e. The minimum Gasteiger partial charge on any atom is -0.357 e. The molecule has 0 atom stereocenters. The molecule has 70 valence electrons. The SMILES string of the molecule is Cc1[nH]c2c(sc3ccccc32)c1C. The summed E-state index contributed by atoms with van der Waals surface area (Å²) >= 11 is 1.88. The van der Waals surface area contributed by atoms with Gasteiger partial charge in [0.15, 0.2) is 0 Å². The molecule has 3 aromatic rings. The Labute approximate surface area is 86.4 Å². The van der Waals surface area contributed by atoms with E-state index in [1.165, 1.54) is 31.6 Å². The number of hydrogen-bond acceptors (Lipinski definition) is 1. The maximum absolute atomic E-state index is 3.46. The average Bonchev–Trinajstić information content (AvgIpc) is 2.67. The molecule has 0 saturated carbocycles. The van der Waals surface area contributed by atoms with E-state index in [-0.39, 0.29) is 0 Å². The van der Waals surface area contributed by atoms with Crippen molar-refractivity contribution in [2.24, 2.45) is 0 Å². The molecule has 3 rings (SSSR count). The van der Waals surface area contributed by atoms with E-state index in [4.69, 9.17) is 0 Å². The van der Waals surface area contributed by atoms with Crippen LogP contribution in [0.4, 0.5) is 0 Å². The zero-order valence-electron chi connectivity index (χ0n) is 8.22. The molecule has 0 aliphatic carbocycles. The topological polar surface area (TPSA) is 15.8 Å². The van der Waals surface area contributed by atoms with Crippen molar-refractivity contribution in [3.63, 3.8) is 0 Å². The normalized spacial score (nSPS) is 11.6. The summed E-state index contributed by atoms with van der Waals surface area (Å²) in [5, 5.41) is 1.35. The number of thiophene rings is 1. The third-order valence-electron chi connectivity index (χ3n) is 2.81.